The van der Waals surface area contributed by atoms with Crippen LogP contribution < -0.4 is 4.90 Å². The van der Waals surface area contributed by atoms with Gasteiger partial charge in [0.2, 0.25) is 0 Å². The molecule has 0 aliphatic carbocycles. The van der Waals surface area contributed by atoms with E-state index in [9.17, 15) is 0 Å². The van der Waals surface area contributed by atoms with Crippen LogP contribution in [0.1, 0.15) is 18.7 Å². The first kappa shape index (κ1) is 13.5. The number of likely N-dealkylation sites (N-methyl/N-ethyl adjacent to an activating group) is 1. The molecule has 5 nitrogen and oxygen atoms in total. The molecule has 100 valence electrons. The second-order valence-electron chi connectivity index (χ2n) is 4.41. The number of methoxy groups -OCH3 is 1. The van der Waals surface area contributed by atoms with Gasteiger partial charge in [-0.05, 0) is 12.8 Å². The van der Waals surface area contributed by atoms with E-state index in [1.165, 1.54) is 0 Å². The van der Waals surface area contributed by atoms with Crippen LogP contribution in [-0.4, -0.2) is 43.4 Å². The van der Waals surface area contributed by atoms with Crippen LogP contribution in [0.15, 0.2) is 6.07 Å². The number of rotatable bonds is 5. The third-order valence-electron chi connectivity index (χ3n) is 2.89. The van der Waals surface area contributed by atoms with Crippen molar-refractivity contribution in [2.24, 2.45) is 0 Å². The van der Waals surface area contributed by atoms with Gasteiger partial charge in [-0.25, -0.2) is 9.97 Å². The summed E-state index contributed by atoms with van der Waals surface area (Å²) in [7, 11) is 3.59. The number of hydrogen-bond acceptors (Lipinski definition) is 5. The third kappa shape index (κ3) is 3.54. The predicted octanol–water partition coefficient (Wildman–Crippen LogP) is 1.89. The van der Waals surface area contributed by atoms with Gasteiger partial charge < -0.3 is 14.4 Å². The van der Waals surface area contributed by atoms with Crippen molar-refractivity contribution in [2.45, 2.75) is 25.6 Å². The summed E-state index contributed by atoms with van der Waals surface area (Å²) < 4.78 is 10.6. The van der Waals surface area contributed by atoms with Gasteiger partial charge in [-0.3, -0.25) is 0 Å². The highest BCUT2D eigenvalue weighted by molar-refractivity contribution is 6.29. The molecule has 0 aromatic carbocycles. The zero-order valence-corrected chi connectivity index (χ0v) is 11.5. The molecule has 1 saturated heterocycles. The molecule has 6 heteroatoms. The Balaban J connectivity index is 2.05. The van der Waals surface area contributed by atoms with Crippen molar-refractivity contribution in [3.05, 3.63) is 17.0 Å². The average Bonchev–Trinajstić information content (AvgIpc) is 2.81. The fraction of sp³-hybridized carbons (Fsp3) is 0.667. The third-order valence-corrected chi connectivity index (χ3v) is 3.09. The van der Waals surface area contributed by atoms with E-state index in [1.54, 1.807) is 13.2 Å². The Morgan fingerprint density at radius 2 is 2.39 bits per heavy atom. The molecule has 0 amide bonds. The van der Waals surface area contributed by atoms with E-state index < -0.39 is 0 Å². The first-order valence-corrected chi connectivity index (χ1v) is 6.42. The van der Waals surface area contributed by atoms with Crippen LogP contribution in [0.5, 0.6) is 0 Å². The van der Waals surface area contributed by atoms with Crippen molar-refractivity contribution in [1.82, 2.24) is 9.97 Å². The number of anilines is 1. The maximum Gasteiger partial charge on any atom is 0.158 e. The summed E-state index contributed by atoms with van der Waals surface area (Å²) in [5, 5.41) is 0.436. The van der Waals surface area contributed by atoms with E-state index in [-0.39, 0.29) is 6.10 Å². The van der Waals surface area contributed by atoms with E-state index in [0.29, 0.717) is 17.6 Å². The lowest BCUT2D eigenvalue weighted by molar-refractivity contribution is 0.116. The Morgan fingerprint density at radius 1 is 1.56 bits per heavy atom. The average molecular weight is 272 g/mol. The maximum atomic E-state index is 5.98. The summed E-state index contributed by atoms with van der Waals surface area (Å²) in [6, 6.07) is 1.76. The smallest absolute Gasteiger partial charge is 0.158 e. The van der Waals surface area contributed by atoms with E-state index in [0.717, 1.165) is 31.8 Å². The molecule has 1 aliphatic rings. The van der Waals surface area contributed by atoms with Gasteiger partial charge in [-0.15, -0.1) is 0 Å². The van der Waals surface area contributed by atoms with Crippen LogP contribution in [0.25, 0.3) is 0 Å². The van der Waals surface area contributed by atoms with Gasteiger partial charge in [0.25, 0.3) is 0 Å². The molecule has 1 unspecified atom stereocenters. The van der Waals surface area contributed by atoms with Crippen molar-refractivity contribution >= 4 is 17.4 Å². The molecular weight excluding hydrogens is 254 g/mol. The number of hydrogen-bond donors (Lipinski definition) is 0. The molecule has 1 aromatic rings. The highest BCUT2D eigenvalue weighted by Gasteiger charge is 2.18. The molecule has 0 bridgehead atoms. The number of aromatic nitrogens is 2. The normalized spacial score (nSPS) is 19.2. The first-order chi connectivity index (χ1) is 8.69. The Hall–Kier alpha value is -0.910. The molecule has 0 saturated carbocycles. The van der Waals surface area contributed by atoms with Crippen LogP contribution >= 0.6 is 11.6 Å². The molecular formula is C12H18ClN3O2. The van der Waals surface area contributed by atoms with Crippen molar-refractivity contribution in [3.8, 4) is 0 Å². The van der Waals surface area contributed by atoms with Gasteiger partial charge in [0, 0.05) is 33.4 Å². The molecule has 2 heterocycles. The largest absolute Gasteiger partial charge is 0.377 e. The summed E-state index contributed by atoms with van der Waals surface area (Å²) in [4.78, 5) is 10.6. The van der Waals surface area contributed by atoms with Crippen molar-refractivity contribution < 1.29 is 9.47 Å². The number of halogens is 1. The SMILES string of the molecule is COCc1nc(Cl)cc(N(C)CC2CCCO2)n1. The van der Waals surface area contributed by atoms with Gasteiger partial charge >= 0.3 is 0 Å². The lowest BCUT2D eigenvalue weighted by Gasteiger charge is -2.22. The van der Waals surface area contributed by atoms with Crippen LogP contribution in [0.3, 0.4) is 0 Å². The molecule has 1 fully saturated rings. The maximum absolute atomic E-state index is 5.98. The second kappa shape index (κ2) is 6.31. The standard InChI is InChI=1S/C12H18ClN3O2/c1-16(7-9-4-3-5-18-9)12-6-10(13)14-11(15-12)8-17-2/h6,9H,3-5,7-8H2,1-2H3. The minimum Gasteiger partial charge on any atom is -0.377 e. The molecule has 2 rings (SSSR count). The van der Waals surface area contributed by atoms with Crippen molar-refractivity contribution in [2.75, 3.05) is 32.2 Å². The van der Waals surface area contributed by atoms with E-state index in [4.69, 9.17) is 21.1 Å². The number of ether oxygens (including phenoxy) is 2. The van der Waals surface area contributed by atoms with Gasteiger partial charge in [-0.2, -0.15) is 0 Å². The molecule has 0 radical (unpaired) electrons. The number of nitrogens with zero attached hydrogens (tertiary/aromatic N) is 3. The summed E-state index contributed by atoms with van der Waals surface area (Å²) in [6.45, 7) is 2.04. The highest BCUT2D eigenvalue weighted by Crippen LogP contribution is 2.19. The summed E-state index contributed by atoms with van der Waals surface area (Å²) in [6.07, 6.45) is 2.53. The quantitative estimate of drug-likeness (QED) is 0.766. The van der Waals surface area contributed by atoms with Crippen LogP contribution in [0.4, 0.5) is 5.82 Å². The minimum atomic E-state index is 0.287. The van der Waals surface area contributed by atoms with E-state index in [1.807, 2.05) is 11.9 Å². The van der Waals surface area contributed by atoms with Gasteiger partial charge in [0.05, 0.1) is 6.10 Å². The van der Waals surface area contributed by atoms with Crippen LogP contribution in [-0.2, 0) is 16.1 Å². The highest BCUT2D eigenvalue weighted by atomic mass is 35.5. The van der Waals surface area contributed by atoms with Gasteiger partial charge in [0.15, 0.2) is 5.82 Å². The summed E-state index contributed by atoms with van der Waals surface area (Å²) in [5.41, 5.74) is 0. The monoisotopic (exact) mass is 271 g/mol. The van der Waals surface area contributed by atoms with Gasteiger partial charge in [-0.1, -0.05) is 11.6 Å². The first-order valence-electron chi connectivity index (χ1n) is 6.04. The van der Waals surface area contributed by atoms with Gasteiger partial charge in [0.1, 0.15) is 17.6 Å². The lowest BCUT2D eigenvalue weighted by atomic mass is 10.2. The van der Waals surface area contributed by atoms with E-state index >= 15 is 0 Å². The predicted molar refractivity (Wildman–Crippen MR) is 70.0 cm³/mol. The van der Waals surface area contributed by atoms with Crippen molar-refractivity contribution in [1.29, 1.82) is 0 Å². The van der Waals surface area contributed by atoms with Crippen LogP contribution in [0, 0.1) is 0 Å². The molecule has 0 N–H and O–H groups in total. The molecule has 0 spiro atoms. The van der Waals surface area contributed by atoms with Crippen LogP contribution in [0.2, 0.25) is 5.15 Å². The van der Waals surface area contributed by atoms with Crippen molar-refractivity contribution in [3.63, 3.8) is 0 Å². The molecule has 1 atom stereocenters. The fourth-order valence-electron chi connectivity index (χ4n) is 2.03. The summed E-state index contributed by atoms with van der Waals surface area (Å²) in [5.74, 6) is 1.40. The van der Waals surface area contributed by atoms with E-state index in [2.05, 4.69) is 9.97 Å². The zero-order valence-electron chi connectivity index (χ0n) is 10.7. The molecule has 1 aromatic heterocycles. The molecule has 18 heavy (non-hydrogen) atoms. The Labute approximate surface area is 112 Å². The topological polar surface area (TPSA) is 47.5 Å². The fourth-order valence-corrected chi connectivity index (χ4v) is 2.22. The second-order valence-corrected chi connectivity index (χ2v) is 4.80. The Morgan fingerprint density at radius 3 is 3.06 bits per heavy atom. The summed E-state index contributed by atoms with van der Waals surface area (Å²) >= 11 is 5.98. The lowest BCUT2D eigenvalue weighted by Crippen LogP contribution is -2.29. The Kier molecular flexibility index (Phi) is 4.74. The molecule has 1 aliphatic heterocycles. The Bertz CT molecular complexity index is 397. The zero-order chi connectivity index (χ0) is 13.0. The minimum absolute atomic E-state index is 0.287.